The number of rotatable bonds is 4. The van der Waals surface area contributed by atoms with Crippen LogP contribution in [0.4, 0.5) is 0 Å². The van der Waals surface area contributed by atoms with Crippen molar-refractivity contribution in [3.63, 3.8) is 0 Å². The van der Waals surface area contributed by atoms with Crippen LogP contribution in [0, 0.1) is 0 Å². The fourth-order valence-corrected chi connectivity index (χ4v) is 2.38. The minimum atomic E-state index is -3.73. The Balaban J connectivity index is 2.53. The van der Waals surface area contributed by atoms with E-state index in [1.165, 1.54) is 6.07 Å². The summed E-state index contributed by atoms with van der Waals surface area (Å²) in [5, 5.41) is 5.21. The van der Waals surface area contributed by atoms with Crippen LogP contribution < -0.4 is 9.88 Å². The first-order chi connectivity index (χ1) is 7.89. The molecule has 17 heavy (non-hydrogen) atoms. The van der Waals surface area contributed by atoms with Crippen LogP contribution in [0.5, 0.6) is 5.75 Å². The van der Waals surface area contributed by atoms with E-state index < -0.39 is 10.0 Å². The average molecular weight is 255 g/mol. The summed E-state index contributed by atoms with van der Waals surface area (Å²) in [6.45, 7) is 4.00. The molecule has 1 saturated carbocycles. The molecular weight excluding hydrogens is 238 g/mol. The number of para-hydroxylation sites is 1. The highest BCUT2D eigenvalue weighted by atomic mass is 32.2. The minimum absolute atomic E-state index is 0.0931. The Hall–Kier alpha value is -1.07. The van der Waals surface area contributed by atoms with Gasteiger partial charge in [0.25, 0.3) is 0 Å². The van der Waals surface area contributed by atoms with Crippen LogP contribution in [0.2, 0.25) is 0 Å². The van der Waals surface area contributed by atoms with Crippen molar-refractivity contribution in [2.24, 2.45) is 5.14 Å². The van der Waals surface area contributed by atoms with Gasteiger partial charge >= 0.3 is 0 Å². The van der Waals surface area contributed by atoms with Crippen LogP contribution in [0.15, 0.2) is 23.1 Å². The lowest BCUT2D eigenvalue weighted by molar-refractivity contribution is 0.290. The van der Waals surface area contributed by atoms with Gasteiger partial charge in [-0.05, 0) is 30.4 Å². The largest absolute Gasteiger partial charge is 0.489 e. The predicted molar refractivity (Wildman–Crippen MR) is 65.6 cm³/mol. The first-order valence-corrected chi connectivity index (χ1v) is 7.26. The summed E-state index contributed by atoms with van der Waals surface area (Å²) in [7, 11) is -3.73. The fraction of sp³-hybridized carbons (Fsp3) is 0.500. The summed E-state index contributed by atoms with van der Waals surface area (Å²) in [5.74, 6) is 0.637. The van der Waals surface area contributed by atoms with Gasteiger partial charge in [0.05, 0.1) is 6.10 Å². The molecule has 94 valence electrons. The third-order valence-corrected chi connectivity index (χ3v) is 3.68. The smallest absolute Gasteiger partial charge is 0.241 e. The average Bonchev–Trinajstić information content (AvgIpc) is 3.00. The lowest BCUT2D eigenvalue weighted by atomic mass is 10.0. The van der Waals surface area contributed by atoms with E-state index in [4.69, 9.17) is 9.88 Å². The SMILES string of the molecule is CC(C)c1cccc(S(N)(=O)=O)c1OC1CC1. The quantitative estimate of drug-likeness (QED) is 0.894. The number of nitrogens with two attached hydrogens (primary N) is 1. The molecule has 0 amide bonds. The van der Waals surface area contributed by atoms with Crippen molar-refractivity contribution in [1.29, 1.82) is 0 Å². The molecule has 0 bridgehead atoms. The van der Waals surface area contributed by atoms with Crippen molar-refractivity contribution < 1.29 is 13.2 Å². The van der Waals surface area contributed by atoms with E-state index in [9.17, 15) is 8.42 Å². The van der Waals surface area contributed by atoms with Crippen LogP contribution in [0.25, 0.3) is 0 Å². The van der Waals surface area contributed by atoms with Crippen LogP contribution >= 0.6 is 0 Å². The topological polar surface area (TPSA) is 69.4 Å². The zero-order valence-electron chi connectivity index (χ0n) is 10.0. The van der Waals surface area contributed by atoms with E-state index >= 15 is 0 Å². The summed E-state index contributed by atoms with van der Waals surface area (Å²) < 4.78 is 28.8. The molecule has 0 saturated heterocycles. The van der Waals surface area contributed by atoms with Gasteiger partial charge in [-0.1, -0.05) is 26.0 Å². The van der Waals surface area contributed by atoms with Gasteiger partial charge in [-0.15, -0.1) is 0 Å². The predicted octanol–water partition coefficient (Wildman–Crippen LogP) is 2.00. The summed E-state index contributed by atoms with van der Waals surface area (Å²) >= 11 is 0. The number of ether oxygens (including phenoxy) is 1. The first kappa shape index (κ1) is 12.4. The fourth-order valence-electron chi connectivity index (χ4n) is 1.69. The van der Waals surface area contributed by atoms with Gasteiger partial charge in [-0.3, -0.25) is 0 Å². The normalized spacial score (nSPS) is 16.2. The van der Waals surface area contributed by atoms with E-state index in [0.717, 1.165) is 18.4 Å². The van der Waals surface area contributed by atoms with Crippen LogP contribution in [-0.4, -0.2) is 14.5 Å². The van der Waals surface area contributed by atoms with E-state index in [1.807, 2.05) is 19.9 Å². The molecule has 5 heteroatoms. The number of primary sulfonamides is 1. The Morgan fingerprint density at radius 3 is 2.47 bits per heavy atom. The summed E-state index contributed by atoms with van der Waals surface area (Å²) in [5.41, 5.74) is 0.892. The molecule has 0 heterocycles. The molecule has 1 aliphatic rings. The van der Waals surface area contributed by atoms with Crippen molar-refractivity contribution in [3.8, 4) is 5.75 Å². The third kappa shape index (κ3) is 2.79. The third-order valence-electron chi connectivity index (χ3n) is 2.75. The maximum atomic E-state index is 11.5. The summed E-state index contributed by atoms with van der Waals surface area (Å²) in [6.07, 6.45) is 2.11. The maximum absolute atomic E-state index is 11.5. The van der Waals surface area contributed by atoms with Crippen molar-refractivity contribution in [2.45, 2.75) is 43.6 Å². The van der Waals surface area contributed by atoms with Crippen molar-refractivity contribution >= 4 is 10.0 Å². The molecule has 1 aromatic carbocycles. The standard InChI is InChI=1S/C12H17NO3S/c1-8(2)10-4-3-5-11(17(13,14)15)12(10)16-9-6-7-9/h3-5,8-9H,6-7H2,1-2H3,(H2,13,14,15). The van der Waals surface area contributed by atoms with Gasteiger partial charge < -0.3 is 4.74 Å². The van der Waals surface area contributed by atoms with Crippen LogP contribution in [0.3, 0.4) is 0 Å². The number of sulfonamides is 1. The second-order valence-electron chi connectivity index (χ2n) is 4.69. The maximum Gasteiger partial charge on any atom is 0.241 e. The Bertz CT molecular complexity index is 519. The van der Waals surface area contributed by atoms with Crippen LogP contribution in [0.1, 0.15) is 38.2 Å². The molecule has 4 nitrogen and oxygen atoms in total. The molecule has 0 unspecified atom stereocenters. The molecule has 2 N–H and O–H groups in total. The summed E-state index contributed by atoms with van der Waals surface area (Å²) in [6, 6.07) is 5.09. The van der Waals surface area contributed by atoms with Gasteiger partial charge in [-0.2, -0.15) is 0 Å². The van der Waals surface area contributed by atoms with Crippen molar-refractivity contribution in [3.05, 3.63) is 23.8 Å². The molecule has 0 spiro atoms. The number of benzene rings is 1. The van der Waals surface area contributed by atoms with E-state index in [0.29, 0.717) is 5.75 Å². The van der Waals surface area contributed by atoms with Gasteiger partial charge in [0.2, 0.25) is 10.0 Å². The van der Waals surface area contributed by atoms with Gasteiger partial charge in [-0.25, -0.2) is 13.6 Å². The Morgan fingerprint density at radius 1 is 1.35 bits per heavy atom. The van der Waals surface area contributed by atoms with E-state index in [1.54, 1.807) is 6.07 Å². The molecule has 0 atom stereocenters. The van der Waals surface area contributed by atoms with E-state index in [2.05, 4.69) is 0 Å². The molecule has 0 aromatic heterocycles. The van der Waals surface area contributed by atoms with Gasteiger partial charge in [0, 0.05) is 0 Å². The lowest BCUT2D eigenvalue weighted by Gasteiger charge is -2.16. The van der Waals surface area contributed by atoms with Crippen LogP contribution in [-0.2, 0) is 10.0 Å². The monoisotopic (exact) mass is 255 g/mol. The minimum Gasteiger partial charge on any atom is -0.489 e. The Morgan fingerprint density at radius 2 is 2.00 bits per heavy atom. The molecule has 0 radical (unpaired) electrons. The number of hydrogen-bond donors (Lipinski definition) is 1. The lowest BCUT2D eigenvalue weighted by Crippen LogP contribution is -2.15. The second kappa shape index (κ2) is 4.31. The highest BCUT2D eigenvalue weighted by molar-refractivity contribution is 7.89. The van der Waals surface area contributed by atoms with Crippen molar-refractivity contribution in [2.75, 3.05) is 0 Å². The highest BCUT2D eigenvalue weighted by Crippen LogP contribution is 2.36. The van der Waals surface area contributed by atoms with E-state index in [-0.39, 0.29) is 16.9 Å². The van der Waals surface area contributed by atoms with Gasteiger partial charge in [0.1, 0.15) is 10.6 Å². The molecular formula is C12H17NO3S. The molecule has 1 fully saturated rings. The molecule has 0 aliphatic heterocycles. The molecule has 1 aliphatic carbocycles. The number of hydrogen-bond acceptors (Lipinski definition) is 3. The highest BCUT2D eigenvalue weighted by Gasteiger charge is 2.28. The van der Waals surface area contributed by atoms with Crippen molar-refractivity contribution in [1.82, 2.24) is 0 Å². The zero-order valence-corrected chi connectivity index (χ0v) is 10.8. The zero-order chi connectivity index (χ0) is 12.6. The summed E-state index contributed by atoms with van der Waals surface area (Å²) in [4.78, 5) is 0.0931. The Labute approximate surface area is 102 Å². The molecule has 1 aromatic rings. The van der Waals surface area contributed by atoms with Gasteiger partial charge in [0.15, 0.2) is 0 Å². The first-order valence-electron chi connectivity index (χ1n) is 5.72. The molecule has 2 rings (SSSR count). The second-order valence-corrected chi connectivity index (χ2v) is 6.22. The Kier molecular flexibility index (Phi) is 3.14.